The second-order valence-corrected chi connectivity index (χ2v) is 4.81. The van der Waals surface area contributed by atoms with E-state index in [1.54, 1.807) is 13.1 Å². The summed E-state index contributed by atoms with van der Waals surface area (Å²) in [7, 11) is 1.67. The zero-order chi connectivity index (χ0) is 14.5. The number of benzene rings is 1. The Hall–Kier alpha value is -2.02. The minimum absolute atomic E-state index is 0.161. The number of halogens is 1. The molecule has 0 bridgehead atoms. The minimum Gasteiger partial charge on any atom is -0.485 e. The summed E-state index contributed by atoms with van der Waals surface area (Å²) in [6, 6.07) is 4.97. The normalized spacial score (nSPS) is 11.1. The molecule has 0 aliphatic rings. The molecule has 0 atom stereocenters. The van der Waals surface area contributed by atoms with Crippen molar-refractivity contribution in [3.8, 4) is 5.75 Å². The maximum atomic E-state index is 13.5. The topological polar surface area (TPSA) is 64.9 Å². The Morgan fingerprint density at radius 1 is 1.35 bits per heavy atom. The summed E-state index contributed by atoms with van der Waals surface area (Å²) in [5, 5.41) is 14.7. The van der Waals surface area contributed by atoms with E-state index in [0.29, 0.717) is 24.2 Å². The molecule has 1 aromatic carbocycles. The molecule has 2 aromatic rings. The molecule has 0 unspecified atom stereocenters. The number of hydrogen-bond acceptors (Lipinski definition) is 5. The molecule has 0 aliphatic carbocycles. The SMILES string of the molecule is CC(C)NCc1cc(F)cc(OCc2nnn(C)n2)c1. The second-order valence-electron chi connectivity index (χ2n) is 4.81. The van der Waals surface area contributed by atoms with Crippen LogP contribution in [0.15, 0.2) is 18.2 Å². The van der Waals surface area contributed by atoms with Gasteiger partial charge in [0.15, 0.2) is 6.61 Å². The van der Waals surface area contributed by atoms with Gasteiger partial charge < -0.3 is 10.1 Å². The first-order valence-corrected chi connectivity index (χ1v) is 6.41. The number of ether oxygens (including phenoxy) is 1. The third kappa shape index (κ3) is 4.27. The quantitative estimate of drug-likeness (QED) is 0.866. The predicted octanol–water partition coefficient (Wildman–Crippen LogP) is 1.43. The van der Waals surface area contributed by atoms with Crippen LogP contribution in [0.5, 0.6) is 5.75 Å². The highest BCUT2D eigenvalue weighted by atomic mass is 19.1. The van der Waals surface area contributed by atoms with Crippen molar-refractivity contribution in [2.24, 2.45) is 7.05 Å². The van der Waals surface area contributed by atoms with Gasteiger partial charge in [0.05, 0.1) is 7.05 Å². The van der Waals surface area contributed by atoms with E-state index >= 15 is 0 Å². The maximum absolute atomic E-state index is 13.5. The fourth-order valence-corrected chi connectivity index (χ4v) is 1.66. The fraction of sp³-hybridized carbons (Fsp3) is 0.462. The van der Waals surface area contributed by atoms with E-state index in [1.165, 1.54) is 16.9 Å². The lowest BCUT2D eigenvalue weighted by Crippen LogP contribution is -2.21. The van der Waals surface area contributed by atoms with Gasteiger partial charge in [0.2, 0.25) is 5.82 Å². The van der Waals surface area contributed by atoms with E-state index < -0.39 is 0 Å². The third-order valence-electron chi connectivity index (χ3n) is 2.56. The zero-order valence-electron chi connectivity index (χ0n) is 11.8. The van der Waals surface area contributed by atoms with Gasteiger partial charge in [-0.05, 0) is 22.9 Å². The number of aryl methyl sites for hydroxylation is 1. The van der Waals surface area contributed by atoms with Gasteiger partial charge in [0.25, 0.3) is 0 Å². The standard InChI is InChI=1S/C13H18FN5O/c1-9(2)15-7-10-4-11(14)6-12(5-10)20-8-13-16-18-19(3)17-13/h4-6,9,15H,7-8H2,1-3H3. The number of aromatic nitrogens is 4. The van der Waals surface area contributed by atoms with E-state index in [-0.39, 0.29) is 12.4 Å². The molecule has 0 aliphatic heterocycles. The predicted molar refractivity (Wildman–Crippen MR) is 71.5 cm³/mol. The van der Waals surface area contributed by atoms with Crippen molar-refractivity contribution in [3.63, 3.8) is 0 Å². The van der Waals surface area contributed by atoms with Crippen LogP contribution in [-0.2, 0) is 20.2 Å². The largest absolute Gasteiger partial charge is 0.485 e. The van der Waals surface area contributed by atoms with Gasteiger partial charge in [-0.3, -0.25) is 0 Å². The number of nitrogens with zero attached hydrogens (tertiary/aromatic N) is 4. The third-order valence-corrected chi connectivity index (χ3v) is 2.56. The van der Waals surface area contributed by atoms with Crippen molar-refractivity contribution in [2.75, 3.05) is 0 Å². The molecular weight excluding hydrogens is 261 g/mol. The van der Waals surface area contributed by atoms with Gasteiger partial charge in [-0.25, -0.2) is 4.39 Å². The molecule has 0 radical (unpaired) electrons. The lowest BCUT2D eigenvalue weighted by molar-refractivity contribution is 0.293. The second kappa shape index (κ2) is 6.42. The van der Waals surface area contributed by atoms with Crippen LogP contribution in [0.1, 0.15) is 25.2 Å². The van der Waals surface area contributed by atoms with Crippen LogP contribution in [0.4, 0.5) is 4.39 Å². The lowest BCUT2D eigenvalue weighted by atomic mass is 10.2. The first-order valence-electron chi connectivity index (χ1n) is 6.41. The summed E-state index contributed by atoms with van der Waals surface area (Å²) in [4.78, 5) is 1.35. The van der Waals surface area contributed by atoms with Crippen molar-refractivity contribution in [2.45, 2.75) is 33.0 Å². The Balaban J connectivity index is 2.00. The highest BCUT2D eigenvalue weighted by Gasteiger charge is 2.05. The average Bonchev–Trinajstić information content (AvgIpc) is 2.79. The molecule has 20 heavy (non-hydrogen) atoms. The van der Waals surface area contributed by atoms with Crippen LogP contribution in [0.2, 0.25) is 0 Å². The summed E-state index contributed by atoms with van der Waals surface area (Å²) in [6.07, 6.45) is 0. The molecular formula is C13H18FN5O. The summed E-state index contributed by atoms with van der Waals surface area (Å²) in [6.45, 7) is 4.83. The summed E-state index contributed by atoms with van der Waals surface area (Å²) in [5.74, 6) is 0.590. The Labute approximate surface area is 116 Å². The molecule has 108 valence electrons. The first kappa shape index (κ1) is 14.4. The van der Waals surface area contributed by atoms with Crippen LogP contribution >= 0.6 is 0 Å². The lowest BCUT2D eigenvalue weighted by Gasteiger charge is -2.10. The summed E-state index contributed by atoms with van der Waals surface area (Å²) in [5.41, 5.74) is 0.834. The smallest absolute Gasteiger partial charge is 0.212 e. The Bertz CT molecular complexity index is 570. The van der Waals surface area contributed by atoms with Crippen LogP contribution in [-0.4, -0.2) is 26.2 Å². The first-order chi connectivity index (χ1) is 9.52. The number of hydrogen-bond donors (Lipinski definition) is 1. The van der Waals surface area contributed by atoms with Crippen molar-refractivity contribution < 1.29 is 9.13 Å². The van der Waals surface area contributed by atoms with Crippen LogP contribution in [0.3, 0.4) is 0 Å². The van der Waals surface area contributed by atoms with Gasteiger partial charge in [-0.15, -0.1) is 10.2 Å². The molecule has 0 amide bonds. The van der Waals surface area contributed by atoms with Crippen LogP contribution in [0.25, 0.3) is 0 Å². The van der Waals surface area contributed by atoms with E-state index in [2.05, 4.69) is 20.7 Å². The summed E-state index contributed by atoms with van der Waals surface area (Å²) < 4.78 is 19.0. The van der Waals surface area contributed by atoms with E-state index in [1.807, 2.05) is 13.8 Å². The zero-order valence-corrected chi connectivity index (χ0v) is 11.8. The molecule has 0 saturated carbocycles. The number of nitrogens with one attached hydrogen (secondary N) is 1. The van der Waals surface area contributed by atoms with Gasteiger partial charge >= 0.3 is 0 Å². The van der Waals surface area contributed by atoms with Gasteiger partial charge in [-0.1, -0.05) is 13.8 Å². The van der Waals surface area contributed by atoms with Crippen molar-refractivity contribution >= 4 is 0 Å². The minimum atomic E-state index is -0.324. The maximum Gasteiger partial charge on any atom is 0.212 e. The molecule has 1 heterocycles. The molecule has 7 heteroatoms. The van der Waals surface area contributed by atoms with Crippen LogP contribution in [0, 0.1) is 5.82 Å². The highest BCUT2D eigenvalue weighted by Crippen LogP contribution is 2.17. The van der Waals surface area contributed by atoms with Crippen LogP contribution < -0.4 is 10.1 Å². The number of tetrazole rings is 1. The van der Waals surface area contributed by atoms with Gasteiger partial charge in [0.1, 0.15) is 11.6 Å². The van der Waals surface area contributed by atoms with Crippen molar-refractivity contribution in [3.05, 3.63) is 35.4 Å². The van der Waals surface area contributed by atoms with E-state index in [9.17, 15) is 4.39 Å². The van der Waals surface area contributed by atoms with E-state index in [0.717, 1.165) is 5.56 Å². The Morgan fingerprint density at radius 3 is 2.80 bits per heavy atom. The highest BCUT2D eigenvalue weighted by molar-refractivity contribution is 5.29. The number of rotatable bonds is 6. The molecule has 6 nitrogen and oxygen atoms in total. The Kier molecular flexibility index (Phi) is 4.62. The molecule has 2 rings (SSSR count). The van der Waals surface area contributed by atoms with E-state index in [4.69, 9.17) is 4.74 Å². The average molecular weight is 279 g/mol. The molecule has 0 spiro atoms. The monoisotopic (exact) mass is 279 g/mol. The molecule has 0 saturated heterocycles. The Morgan fingerprint density at radius 2 is 2.15 bits per heavy atom. The summed E-state index contributed by atoms with van der Waals surface area (Å²) >= 11 is 0. The fourth-order valence-electron chi connectivity index (χ4n) is 1.66. The van der Waals surface area contributed by atoms with Crippen molar-refractivity contribution in [1.29, 1.82) is 0 Å². The van der Waals surface area contributed by atoms with Gasteiger partial charge in [-0.2, -0.15) is 4.80 Å². The van der Waals surface area contributed by atoms with Gasteiger partial charge in [0, 0.05) is 18.7 Å². The molecule has 1 aromatic heterocycles. The molecule has 1 N–H and O–H groups in total. The van der Waals surface area contributed by atoms with Crippen molar-refractivity contribution in [1.82, 2.24) is 25.5 Å². The molecule has 0 fully saturated rings.